The quantitative estimate of drug-likeness (QED) is 0.771. The van der Waals surface area contributed by atoms with Crippen LogP contribution < -0.4 is 10.6 Å². The first-order valence-corrected chi connectivity index (χ1v) is 8.02. The minimum atomic E-state index is -0.616. The summed E-state index contributed by atoms with van der Waals surface area (Å²) in [5.74, 6) is -0.211. The van der Waals surface area contributed by atoms with Crippen molar-refractivity contribution in [2.75, 3.05) is 0 Å². The number of hydrogen-bond acceptors (Lipinski definition) is 3. The Morgan fingerprint density at radius 2 is 1.76 bits per heavy atom. The van der Waals surface area contributed by atoms with Crippen LogP contribution in [0.2, 0.25) is 0 Å². The van der Waals surface area contributed by atoms with Crippen molar-refractivity contribution in [3.8, 4) is 0 Å². The molecule has 1 unspecified atom stereocenters. The number of alkyl carbamates (subject to hydrolysis) is 1. The van der Waals surface area contributed by atoms with Gasteiger partial charge in [-0.25, -0.2) is 4.79 Å². The molecule has 3 aromatic carbocycles. The summed E-state index contributed by atoms with van der Waals surface area (Å²) in [6.45, 7) is 0.175. The first-order chi connectivity index (χ1) is 12.2. The van der Waals surface area contributed by atoms with E-state index in [4.69, 9.17) is 4.74 Å². The highest BCUT2D eigenvalue weighted by Crippen LogP contribution is 2.30. The lowest BCUT2D eigenvalue weighted by Crippen LogP contribution is -2.43. The molecular formula is C20H16N2O3. The molecule has 25 heavy (non-hydrogen) atoms. The van der Waals surface area contributed by atoms with Crippen LogP contribution >= 0.6 is 0 Å². The van der Waals surface area contributed by atoms with Crippen molar-refractivity contribution in [2.45, 2.75) is 12.8 Å². The molecular weight excluding hydrogens is 316 g/mol. The summed E-state index contributed by atoms with van der Waals surface area (Å²) < 4.78 is 5.25. The molecule has 1 aliphatic heterocycles. The van der Waals surface area contributed by atoms with Gasteiger partial charge in [-0.3, -0.25) is 10.1 Å². The van der Waals surface area contributed by atoms with Gasteiger partial charge in [0.25, 0.3) is 5.91 Å². The third-order valence-electron chi connectivity index (χ3n) is 4.24. The van der Waals surface area contributed by atoms with Crippen LogP contribution in [0.3, 0.4) is 0 Å². The van der Waals surface area contributed by atoms with Crippen LogP contribution in [-0.2, 0) is 11.3 Å². The van der Waals surface area contributed by atoms with Crippen molar-refractivity contribution in [1.29, 1.82) is 0 Å². The molecule has 0 spiro atoms. The third kappa shape index (κ3) is 2.92. The Labute approximate surface area is 144 Å². The van der Waals surface area contributed by atoms with Crippen LogP contribution in [0.1, 0.15) is 27.7 Å². The first kappa shape index (κ1) is 15.2. The number of rotatable bonds is 3. The van der Waals surface area contributed by atoms with E-state index in [0.717, 1.165) is 21.9 Å². The summed E-state index contributed by atoms with van der Waals surface area (Å²) in [4.78, 5) is 24.5. The molecule has 1 atom stereocenters. The van der Waals surface area contributed by atoms with Gasteiger partial charge in [0, 0.05) is 16.5 Å². The van der Waals surface area contributed by atoms with Gasteiger partial charge in [0.1, 0.15) is 12.8 Å². The molecule has 3 aromatic rings. The van der Waals surface area contributed by atoms with Gasteiger partial charge < -0.3 is 10.1 Å². The van der Waals surface area contributed by atoms with Crippen LogP contribution in [0.4, 0.5) is 4.79 Å². The summed E-state index contributed by atoms with van der Waals surface area (Å²) in [5, 5.41) is 7.37. The van der Waals surface area contributed by atoms with E-state index in [1.807, 2.05) is 60.7 Å². The van der Waals surface area contributed by atoms with Gasteiger partial charge in [0.05, 0.1) is 0 Å². The normalized spacial score (nSPS) is 15.5. The number of hydrogen-bond donors (Lipinski definition) is 2. The maximum Gasteiger partial charge on any atom is 0.409 e. The van der Waals surface area contributed by atoms with Crippen LogP contribution in [-0.4, -0.2) is 12.0 Å². The molecule has 0 bridgehead atoms. The molecule has 0 aliphatic carbocycles. The second-order valence-corrected chi connectivity index (χ2v) is 5.86. The van der Waals surface area contributed by atoms with E-state index in [9.17, 15) is 9.59 Å². The van der Waals surface area contributed by atoms with Crippen LogP contribution in [0.15, 0.2) is 66.7 Å². The summed E-state index contributed by atoms with van der Waals surface area (Å²) in [6.07, 6.45) is -1.19. The topological polar surface area (TPSA) is 67.4 Å². The van der Waals surface area contributed by atoms with Crippen molar-refractivity contribution >= 4 is 22.8 Å². The van der Waals surface area contributed by atoms with E-state index in [2.05, 4.69) is 10.6 Å². The maximum absolute atomic E-state index is 12.3. The van der Waals surface area contributed by atoms with Gasteiger partial charge in [-0.2, -0.15) is 0 Å². The molecule has 5 nitrogen and oxygen atoms in total. The predicted molar refractivity (Wildman–Crippen MR) is 93.9 cm³/mol. The van der Waals surface area contributed by atoms with E-state index in [1.165, 1.54) is 0 Å². The van der Waals surface area contributed by atoms with Crippen LogP contribution in [0.25, 0.3) is 10.8 Å². The second kappa shape index (κ2) is 6.28. The van der Waals surface area contributed by atoms with Crippen molar-refractivity contribution in [1.82, 2.24) is 10.6 Å². The summed E-state index contributed by atoms with van der Waals surface area (Å²) in [5.41, 5.74) is 2.37. The third-order valence-corrected chi connectivity index (χ3v) is 4.24. The molecule has 1 heterocycles. The summed E-state index contributed by atoms with van der Waals surface area (Å²) >= 11 is 0. The van der Waals surface area contributed by atoms with Gasteiger partial charge in [0.15, 0.2) is 0 Å². The molecule has 4 rings (SSSR count). The Kier molecular flexibility index (Phi) is 3.82. The molecule has 0 saturated carbocycles. The Balaban J connectivity index is 1.54. The molecule has 0 saturated heterocycles. The Bertz CT molecular complexity index is 948. The summed E-state index contributed by atoms with van der Waals surface area (Å²) in [7, 11) is 0. The fraction of sp³-hybridized carbons (Fsp3) is 0.100. The number of nitrogens with one attached hydrogen (secondary N) is 2. The van der Waals surface area contributed by atoms with Crippen LogP contribution in [0, 0.1) is 0 Å². The largest absolute Gasteiger partial charge is 0.445 e. The zero-order valence-corrected chi connectivity index (χ0v) is 13.4. The van der Waals surface area contributed by atoms with Gasteiger partial charge >= 0.3 is 6.09 Å². The minimum Gasteiger partial charge on any atom is -0.445 e. The molecule has 2 N–H and O–H groups in total. The van der Waals surface area contributed by atoms with E-state index >= 15 is 0 Å². The van der Waals surface area contributed by atoms with Gasteiger partial charge in [-0.1, -0.05) is 60.7 Å². The lowest BCUT2D eigenvalue weighted by atomic mass is 9.94. The molecule has 0 radical (unpaired) electrons. The lowest BCUT2D eigenvalue weighted by Gasteiger charge is -2.27. The number of benzene rings is 3. The zero-order valence-electron chi connectivity index (χ0n) is 13.4. The number of amides is 2. The average molecular weight is 332 g/mol. The molecule has 1 aliphatic rings. The number of carbonyl (C=O) groups excluding carboxylic acids is 2. The van der Waals surface area contributed by atoms with E-state index in [0.29, 0.717) is 5.56 Å². The second-order valence-electron chi connectivity index (χ2n) is 5.86. The Morgan fingerprint density at radius 1 is 1.00 bits per heavy atom. The minimum absolute atomic E-state index is 0.175. The van der Waals surface area contributed by atoms with E-state index < -0.39 is 12.3 Å². The molecule has 124 valence electrons. The van der Waals surface area contributed by atoms with E-state index in [1.54, 1.807) is 6.07 Å². The standard InChI is InChI=1S/C20H16N2O3/c23-19-16-11-5-9-14-8-4-10-15(17(14)16)18(21-19)22-20(24)25-12-13-6-2-1-3-7-13/h1-11,18H,12H2,(H,21,23)(H,22,24). The lowest BCUT2D eigenvalue weighted by molar-refractivity contribution is 0.0917. The monoisotopic (exact) mass is 332 g/mol. The molecule has 2 amide bonds. The smallest absolute Gasteiger partial charge is 0.409 e. The van der Waals surface area contributed by atoms with Crippen molar-refractivity contribution < 1.29 is 14.3 Å². The molecule has 0 aromatic heterocycles. The first-order valence-electron chi connectivity index (χ1n) is 8.02. The zero-order chi connectivity index (χ0) is 17.2. The van der Waals surface area contributed by atoms with Crippen molar-refractivity contribution in [3.63, 3.8) is 0 Å². The highest BCUT2D eigenvalue weighted by molar-refractivity contribution is 6.10. The van der Waals surface area contributed by atoms with Gasteiger partial charge in [-0.15, -0.1) is 0 Å². The van der Waals surface area contributed by atoms with Crippen molar-refractivity contribution in [3.05, 3.63) is 83.4 Å². The highest BCUT2D eigenvalue weighted by Gasteiger charge is 2.27. The number of ether oxygens (including phenoxy) is 1. The predicted octanol–water partition coefficient (Wildman–Crippen LogP) is 3.51. The SMILES string of the molecule is O=C(NC1NC(=O)c2cccc3cccc1c23)OCc1ccccc1. The Hall–Kier alpha value is -3.34. The number of carbonyl (C=O) groups is 2. The Morgan fingerprint density at radius 3 is 2.56 bits per heavy atom. The average Bonchev–Trinajstić information content (AvgIpc) is 2.65. The molecule has 5 heteroatoms. The fourth-order valence-corrected chi connectivity index (χ4v) is 3.08. The van der Waals surface area contributed by atoms with Crippen LogP contribution in [0.5, 0.6) is 0 Å². The van der Waals surface area contributed by atoms with Crippen molar-refractivity contribution in [2.24, 2.45) is 0 Å². The summed E-state index contributed by atoms with van der Waals surface area (Å²) in [6, 6.07) is 20.8. The highest BCUT2D eigenvalue weighted by atomic mass is 16.5. The van der Waals surface area contributed by atoms with E-state index in [-0.39, 0.29) is 12.5 Å². The van der Waals surface area contributed by atoms with Gasteiger partial charge in [-0.05, 0) is 17.0 Å². The fourth-order valence-electron chi connectivity index (χ4n) is 3.08. The molecule has 0 fully saturated rings. The van der Waals surface area contributed by atoms with Gasteiger partial charge in [0.2, 0.25) is 0 Å². The maximum atomic E-state index is 12.3.